The van der Waals surface area contributed by atoms with Crippen molar-refractivity contribution in [3.63, 3.8) is 0 Å². The average Bonchev–Trinajstić information content (AvgIpc) is 2.72. The van der Waals surface area contributed by atoms with Crippen molar-refractivity contribution in [3.05, 3.63) is 85.9 Å². The van der Waals surface area contributed by atoms with Gasteiger partial charge in [0.15, 0.2) is 10.3 Å². The molecule has 0 saturated heterocycles. The highest BCUT2D eigenvalue weighted by Crippen LogP contribution is 2.20. The number of halogens is 1. The van der Waals surface area contributed by atoms with Gasteiger partial charge in [0.05, 0.1) is 18.8 Å². The van der Waals surface area contributed by atoms with E-state index in [1.54, 1.807) is 24.3 Å². The predicted molar refractivity (Wildman–Crippen MR) is 116 cm³/mol. The number of rotatable bonds is 6. The molecule has 0 spiro atoms. The second-order valence-electron chi connectivity index (χ2n) is 6.55. The number of aromatic hydroxyl groups is 1. The van der Waals surface area contributed by atoms with Gasteiger partial charge in [0.25, 0.3) is 11.5 Å². The molecule has 1 heterocycles. The lowest BCUT2D eigenvalue weighted by molar-refractivity contribution is -0.116. The van der Waals surface area contributed by atoms with Crippen LogP contribution in [0.3, 0.4) is 0 Å². The molecule has 0 atom stereocenters. The van der Waals surface area contributed by atoms with Crippen molar-refractivity contribution in [2.75, 3.05) is 6.54 Å². The Balaban J connectivity index is 2.24. The number of Topliss-reactive ketones (excluding diaryl/α,β-unsaturated/α-hetero) is 1. The van der Waals surface area contributed by atoms with E-state index in [1.807, 2.05) is 30.3 Å². The molecule has 30 heavy (non-hydrogen) atoms. The van der Waals surface area contributed by atoms with E-state index in [2.05, 4.69) is 5.32 Å². The SMILES string of the molecule is CC(=O)CNC(=O)c1c(O)n(Cc2ccccc2)c(=S)n(-c2ccc(Cl)cc2)c1=O. The second-order valence-corrected chi connectivity index (χ2v) is 7.36. The third kappa shape index (κ3) is 4.50. The molecule has 1 amide bonds. The molecule has 0 aliphatic heterocycles. The summed E-state index contributed by atoms with van der Waals surface area (Å²) in [4.78, 5) is 37.0. The van der Waals surface area contributed by atoms with Crippen LogP contribution in [-0.2, 0) is 11.3 Å². The van der Waals surface area contributed by atoms with Crippen LogP contribution < -0.4 is 10.9 Å². The van der Waals surface area contributed by atoms with E-state index in [9.17, 15) is 19.5 Å². The monoisotopic (exact) mass is 443 g/mol. The maximum atomic E-state index is 13.1. The molecular formula is C21H18ClN3O4S. The summed E-state index contributed by atoms with van der Waals surface area (Å²) in [6, 6.07) is 15.5. The molecular weight excluding hydrogens is 426 g/mol. The second kappa shape index (κ2) is 9.06. The van der Waals surface area contributed by atoms with Gasteiger partial charge < -0.3 is 10.4 Å². The Morgan fingerprint density at radius 1 is 1.10 bits per heavy atom. The van der Waals surface area contributed by atoms with Crippen molar-refractivity contribution < 1.29 is 14.7 Å². The fourth-order valence-electron chi connectivity index (χ4n) is 2.86. The zero-order valence-electron chi connectivity index (χ0n) is 16.0. The number of carbonyl (C=O) groups is 2. The van der Waals surface area contributed by atoms with Gasteiger partial charge in [-0.05, 0) is 49.0 Å². The topological polar surface area (TPSA) is 93.3 Å². The van der Waals surface area contributed by atoms with Crippen molar-refractivity contribution >= 4 is 35.5 Å². The summed E-state index contributed by atoms with van der Waals surface area (Å²) in [5, 5.41) is 13.6. The summed E-state index contributed by atoms with van der Waals surface area (Å²) in [6.45, 7) is 1.16. The number of benzene rings is 2. The number of amides is 1. The first-order valence-corrected chi connectivity index (χ1v) is 9.74. The third-order valence-electron chi connectivity index (χ3n) is 4.31. The molecule has 0 unspecified atom stereocenters. The lowest BCUT2D eigenvalue weighted by Gasteiger charge is -2.17. The molecule has 7 nitrogen and oxygen atoms in total. The molecule has 0 bridgehead atoms. The Morgan fingerprint density at radius 3 is 2.33 bits per heavy atom. The molecule has 1 aromatic heterocycles. The summed E-state index contributed by atoms with van der Waals surface area (Å²) in [5.41, 5.74) is -0.113. The molecule has 0 aliphatic carbocycles. The minimum absolute atomic E-state index is 0.00629. The van der Waals surface area contributed by atoms with E-state index in [-0.39, 0.29) is 23.6 Å². The summed E-state index contributed by atoms with van der Waals surface area (Å²) < 4.78 is 2.45. The van der Waals surface area contributed by atoms with Gasteiger partial charge in [-0.15, -0.1) is 0 Å². The van der Waals surface area contributed by atoms with Gasteiger partial charge in [-0.2, -0.15) is 0 Å². The van der Waals surface area contributed by atoms with Gasteiger partial charge in [-0.25, -0.2) is 0 Å². The molecule has 3 rings (SSSR count). The molecule has 0 radical (unpaired) electrons. The molecule has 0 saturated carbocycles. The molecule has 0 aliphatic rings. The first-order valence-electron chi connectivity index (χ1n) is 8.96. The number of nitrogens with zero attached hydrogens (tertiary/aromatic N) is 2. The van der Waals surface area contributed by atoms with Crippen LogP contribution in [0.4, 0.5) is 0 Å². The van der Waals surface area contributed by atoms with E-state index in [0.29, 0.717) is 10.7 Å². The Bertz CT molecular complexity index is 1220. The fraction of sp³-hybridized carbons (Fsp3) is 0.143. The van der Waals surface area contributed by atoms with Gasteiger partial charge in [0, 0.05) is 5.02 Å². The molecule has 3 aromatic rings. The van der Waals surface area contributed by atoms with Gasteiger partial charge in [0.2, 0.25) is 5.88 Å². The zero-order valence-corrected chi connectivity index (χ0v) is 17.5. The third-order valence-corrected chi connectivity index (χ3v) is 4.97. The molecule has 0 fully saturated rings. The van der Waals surface area contributed by atoms with Crippen LogP contribution >= 0.6 is 23.8 Å². The van der Waals surface area contributed by atoms with Crippen molar-refractivity contribution in [1.82, 2.24) is 14.5 Å². The maximum absolute atomic E-state index is 13.1. The van der Waals surface area contributed by atoms with Crippen LogP contribution in [-0.4, -0.2) is 32.5 Å². The van der Waals surface area contributed by atoms with E-state index < -0.39 is 22.9 Å². The lowest BCUT2D eigenvalue weighted by atomic mass is 10.2. The van der Waals surface area contributed by atoms with E-state index in [4.69, 9.17) is 23.8 Å². The summed E-state index contributed by atoms with van der Waals surface area (Å²) in [7, 11) is 0. The van der Waals surface area contributed by atoms with Crippen LogP contribution in [0.1, 0.15) is 22.8 Å². The summed E-state index contributed by atoms with van der Waals surface area (Å²) in [6.07, 6.45) is 0. The standard InChI is InChI=1S/C21H18ClN3O4S/c1-13(26)11-23-18(27)17-19(28)24(12-14-5-3-2-4-6-14)21(30)25(20(17)29)16-9-7-15(22)8-10-16/h2-10,28H,11-12H2,1H3,(H,23,27). The highest BCUT2D eigenvalue weighted by Gasteiger charge is 2.24. The van der Waals surface area contributed by atoms with Crippen LogP contribution in [0.15, 0.2) is 59.4 Å². The molecule has 154 valence electrons. The first kappa shape index (κ1) is 21.5. The molecule has 9 heteroatoms. The zero-order chi connectivity index (χ0) is 21.8. The molecule has 2 aromatic carbocycles. The predicted octanol–water partition coefficient (Wildman–Crippen LogP) is 3.09. The van der Waals surface area contributed by atoms with Crippen molar-refractivity contribution in [2.24, 2.45) is 0 Å². The van der Waals surface area contributed by atoms with Gasteiger partial charge in [-0.3, -0.25) is 23.5 Å². The number of hydrogen-bond acceptors (Lipinski definition) is 5. The number of nitrogens with one attached hydrogen (secondary N) is 1. The Labute approximate surface area is 182 Å². The van der Waals surface area contributed by atoms with E-state index >= 15 is 0 Å². The van der Waals surface area contributed by atoms with Gasteiger partial charge in [-0.1, -0.05) is 41.9 Å². The fourth-order valence-corrected chi connectivity index (χ4v) is 3.32. The number of ketones is 1. The number of carbonyl (C=O) groups excluding carboxylic acids is 2. The van der Waals surface area contributed by atoms with E-state index in [0.717, 1.165) is 10.1 Å². The average molecular weight is 444 g/mol. The summed E-state index contributed by atoms with van der Waals surface area (Å²) in [5.74, 6) is -1.73. The summed E-state index contributed by atoms with van der Waals surface area (Å²) >= 11 is 11.4. The van der Waals surface area contributed by atoms with Crippen LogP contribution in [0.25, 0.3) is 5.69 Å². The van der Waals surface area contributed by atoms with Crippen LogP contribution in [0.5, 0.6) is 5.88 Å². The van der Waals surface area contributed by atoms with Crippen molar-refractivity contribution in [2.45, 2.75) is 13.5 Å². The van der Waals surface area contributed by atoms with Gasteiger partial charge in [0.1, 0.15) is 5.78 Å². The van der Waals surface area contributed by atoms with Crippen LogP contribution in [0.2, 0.25) is 5.02 Å². The minimum atomic E-state index is -0.868. The van der Waals surface area contributed by atoms with E-state index in [1.165, 1.54) is 11.5 Å². The Morgan fingerprint density at radius 2 is 1.73 bits per heavy atom. The molecule has 2 N–H and O–H groups in total. The highest BCUT2D eigenvalue weighted by atomic mass is 35.5. The maximum Gasteiger partial charge on any atom is 0.275 e. The van der Waals surface area contributed by atoms with Crippen molar-refractivity contribution in [3.8, 4) is 11.6 Å². The van der Waals surface area contributed by atoms with Gasteiger partial charge >= 0.3 is 0 Å². The number of hydrogen-bond donors (Lipinski definition) is 2. The quantitative estimate of drug-likeness (QED) is 0.571. The Hall–Kier alpha value is -3.23. The minimum Gasteiger partial charge on any atom is -0.494 e. The first-order chi connectivity index (χ1) is 14.3. The van der Waals surface area contributed by atoms with Crippen LogP contribution in [0, 0.1) is 4.77 Å². The Kier molecular flexibility index (Phi) is 6.49. The highest BCUT2D eigenvalue weighted by molar-refractivity contribution is 7.71. The number of aromatic nitrogens is 2. The normalized spacial score (nSPS) is 10.6. The van der Waals surface area contributed by atoms with Crippen molar-refractivity contribution in [1.29, 1.82) is 0 Å². The smallest absolute Gasteiger partial charge is 0.275 e. The lowest BCUT2D eigenvalue weighted by Crippen LogP contribution is -2.37. The largest absolute Gasteiger partial charge is 0.494 e.